The van der Waals surface area contributed by atoms with E-state index >= 15 is 0 Å². The molecule has 1 aliphatic rings. The molecule has 1 N–H and O–H groups in total. The Morgan fingerprint density at radius 3 is 2.83 bits per heavy atom. The molecule has 3 heterocycles. The number of amides is 1. The number of para-hydroxylation sites is 1. The second-order valence-corrected chi connectivity index (χ2v) is 7.49. The van der Waals surface area contributed by atoms with Crippen LogP contribution in [0, 0.1) is 6.92 Å². The van der Waals surface area contributed by atoms with E-state index < -0.39 is 5.92 Å². The van der Waals surface area contributed by atoms with E-state index in [2.05, 4.69) is 10.4 Å². The average molecular weight is 406 g/mol. The van der Waals surface area contributed by atoms with Crippen LogP contribution in [0.1, 0.15) is 34.2 Å². The van der Waals surface area contributed by atoms with Gasteiger partial charge in [-0.3, -0.25) is 9.59 Å². The number of nitrogens with one attached hydrogen (secondary N) is 1. The predicted octanol–water partition coefficient (Wildman–Crippen LogP) is 4.89. The minimum atomic E-state index is -0.660. The lowest BCUT2D eigenvalue weighted by atomic mass is 9.87. The number of rotatable bonds is 3. The van der Waals surface area contributed by atoms with Gasteiger partial charge in [0.25, 0.3) is 0 Å². The maximum Gasteiger partial charge on any atom is 0.226 e. The summed E-state index contributed by atoms with van der Waals surface area (Å²) in [6, 6.07) is 16.3. The second kappa shape index (κ2) is 6.60. The van der Waals surface area contributed by atoms with Crippen molar-refractivity contribution in [2.45, 2.75) is 19.3 Å². The van der Waals surface area contributed by atoms with Crippen LogP contribution in [-0.4, -0.2) is 21.5 Å². The molecule has 6 nitrogen and oxygen atoms in total. The molecule has 0 fully saturated rings. The highest BCUT2D eigenvalue weighted by atomic mass is 35.5. The van der Waals surface area contributed by atoms with Gasteiger partial charge in [0.15, 0.2) is 5.76 Å². The highest BCUT2D eigenvalue weighted by Crippen LogP contribution is 2.39. The largest absolute Gasteiger partial charge is 0.453 e. The van der Waals surface area contributed by atoms with E-state index in [0.717, 1.165) is 5.39 Å². The maximum atomic E-state index is 13.3. The Hall–Kier alpha value is -3.38. The number of furan rings is 1. The summed E-state index contributed by atoms with van der Waals surface area (Å²) in [5, 5.41) is 8.84. The lowest BCUT2D eigenvalue weighted by Crippen LogP contribution is -2.28. The second-order valence-electron chi connectivity index (χ2n) is 7.06. The van der Waals surface area contributed by atoms with E-state index in [0.29, 0.717) is 33.4 Å². The molecule has 5 rings (SSSR count). The Bertz CT molecular complexity index is 1250. The number of Topliss-reactive ketones (excluding diaryl/α,β-unsaturated/α-hetero) is 1. The summed E-state index contributed by atoms with van der Waals surface area (Å²) < 4.78 is 7.37. The molecule has 1 amide bonds. The fraction of sp³-hybridized carbons (Fsp3) is 0.136. The van der Waals surface area contributed by atoms with Gasteiger partial charge in [-0.15, -0.1) is 0 Å². The van der Waals surface area contributed by atoms with Crippen LogP contribution in [0.5, 0.6) is 0 Å². The van der Waals surface area contributed by atoms with E-state index in [1.54, 1.807) is 22.9 Å². The molecule has 0 spiro atoms. The first-order chi connectivity index (χ1) is 14.0. The number of carbonyl (C=O) groups is 2. The van der Waals surface area contributed by atoms with Crippen molar-refractivity contribution in [2.75, 3.05) is 5.32 Å². The molecule has 2 aromatic carbocycles. The SMILES string of the molecule is Cc1nn(-c2cccc(Cl)c2)c2c1[C@@H](C(=O)c1cc3ccccc3o1)CC(=O)N2. The third-order valence-corrected chi connectivity index (χ3v) is 5.38. The van der Waals surface area contributed by atoms with Crippen molar-refractivity contribution in [3.8, 4) is 5.69 Å². The third-order valence-electron chi connectivity index (χ3n) is 5.14. The number of carbonyl (C=O) groups excluding carboxylic acids is 2. The first-order valence-corrected chi connectivity index (χ1v) is 9.57. The normalized spacial score (nSPS) is 15.9. The number of anilines is 1. The van der Waals surface area contributed by atoms with Gasteiger partial charge in [-0.05, 0) is 37.3 Å². The molecule has 0 aliphatic carbocycles. The fourth-order valence-corrected chi connectivity index (χ4v) is 4.03. The monoisotopic (exact) mass is 405 g/mol. The molecule has 29 heavy (non-hydrogen) atoms. The van der Waals surface area contributed by atoms with Crippen LogP contribution in [0.2, 0.25) is 5.02 Å². The number of halogens is 1. The number of aromatic nitrogens is 2. The van der Waals surface area contributed by atoms with Gasteiger partial charge in [0, 0.05) is 22.4 Å². The number of hydrogen-bond acceptors (Lipinski definition) is 4. The molecule has 0 saturated heterocycles. The van der Waals surface area contributed by atoms with Crippen LogP contribution in [0.3, 0.4) is 0 Å². The molecule has 2 aromatic heterocycles. The van der Waals surface area contributed by atoms with Crippen molar-refractivity contribution in [2.24, 2.45) is 0 Å². The summed E-state index contributed by atoms with van der Waals surface area (Å²) in [4.78, 5) is 25.7. The molecule has 0 saturated carbocycles. The number of benzene rings is 2. The molecule has 7 heteroatoms. The van der Waals surface area contributed by atoms with E-state index in [-0.39, 0.29) is 23.9 Å². The Kier molecular flexibility index (Phi) is 4.03. The summed E-state index contributed by atoms with van der Waals surface area (Å²) in [7, 11) is 0. The first kappa shape index (κ1) is 17.7. The highest BCUT2D eigenvalue weighted by molar-refractivity contribution is 6.30. The van der Waals surface area contributed by atoms with Crippen molar-refractivity contribution in [1.82, 2.24) is 9.78 Å². The van der Waals surface area contributed by atoms with Gasteiger partial charge in [0.05, 0.1) is 17.3 Å². The van der Waals surface area contributed by atoms with Crippen molar-refractivity contribution in [3.05, 3.63) is 76.6 Å². The zero-order chi connectivity index (χ0) is 20.1. The number of fused-ring (bicyclic) bond motifs is 2. The Morgan fingerprint density at radius 2 is 2.03 bits per heavy atom. The molecular formula is C22H16ClN3O3. The van der Waals surface area contributed by atoms with Gasteiger partial charge in [0.2, 0.25) is 11.7 Å². The van der Waals surface area contributed by atoms with Crippen LogP contribution in [0.25, 0.3) is 16.7 Å². The molecular weight excluding hydrogens is 390 g/mol. The average Bonchev–Trinajstić information content (AvgIpc) is 3.28. The number of aryl methyl sites for hydroxylation is 1. The van der Waals surface area contributed by atoms with Crippen LogP contribution >= 0.6 is 11.6 Å². The lowest BCUT2D eigenvalue weighted by Gasteiger charge is -2.22. The topological polar surface area (TPSA) is 77.1 Å². The van der Waals surface area contributed by atoms with Crippen LogP contribution in [0.15, 0.2) is 59.0 Å². The minimum absolute atomic E-state index is 0.0466. The zero-order valence-corrected chi connectivity index (χ0v) is 16.2. The summed E-state index contributed by atoms with van der Waals surface area (Å²) in [6.45, 7) is 1.83. The lowest BCUT2D eigenvalue weighted by molar-refractivity contribution is -0.116. The van der Waals surface area contributed by atoms with Crippen molar-refractivity contribution >= 4 is 40.1 Å². The maximum absolute atomic E-state index is 13.3. The Labute approximate surface area is 171 Å². The molecule has 0 bridgehead atoms. The molecule has 4 aromatic rings. The number of hydrogen-bond donors (Lipinski definition) is 1. The zero-order valence-electron chi connectivity index (χ0n) is 15.5. The summed E-state index contributed by atoms with van der Waals surface area (Å²) in [5.41, 5.74) is 2.73. The van der Waals surface area contributed by atoms with Crippen molar-refractivity contribution in [1.29, 1.82) is 0 Å². The fourth-order valence-electron chi connectivity index (χ4n) is 3.84. The standard InChI is InChI=1S/C22H16ClN3O3/c1-12-20-16(21(28)18-9-13-5-2-3-8-17(13)29-18)11-19(27)24-22(20)26(25-12)15-7-4-6-14(23)10-15/h2-10,16H,11H2,1H3,(H,24,27)/t16-/m0/s1. The molecule has 1 atom stereocenters. The molecule has 0 radical (unpaired) electrons. The van der Waals surface area contributed by atoms with Crippen LogP contribution in [-0.2, 0) is 4.79 Å². The summed E-state index contributed by atoms with van der Waals surface area (Å²) >= 11 is 6.12. The van der Waals surface area contributed by atoms with Gasteiger partial charge < -0.3 is 9.73 Å². The Balaban J connectivity index is 1.62. The summed E-state index contributed by atoms with van der Waals surface area (Å²) in [6.07, 6.45) is 0.0466. The quantitative estimate of drug-likeness (QED) is 0.492. The predicted molar refractivity (Wildman–Crippen MR) is 110 cm³/mol. The number of nitrogens with zero attached hydrogens (tertiary/aromatic N) is 2. The van der Waals surface area contributed by atoms with Gasteiger partial charge in [-0.2, -0.15) is 5.10 Å². The van der Waals surface area contributed by atoms with Crippen LogP contribution in [0.4, 0.5) is 5.82 Å². The minimum Gasteiger partial charge on any atom is -0.453 e. The van der Waals surface area contributed by atoms with Crippen molar-refractivity contribution < 1.29 is 14.0 Å². The highest BCUT2D eigenvalue weighted by Gasteiger charge is 2.37. The smallest absolute Gasteiger partial charge is 0.226 e. The third kappa shape index (κ3) is 2.93. The van der Waals surface area contributed by atoms with E-state index in [4.69, 9.17) is 16.0 Å². The summed E-state index contributed by atoms with van der Waals surface area (Å²) in [5.74, 6) is -0.393. The van der Waals surface area contributed by atoms with Gasteiger partial charge >= 0.3 is 0 Å². The van der Waals surface area contributed by atoms with Crippen molar-refractivity contribution in [3.63, 3.8) is 0 Å². The van der Waals surface area contributed by atoms with Gasteiger partial charge in [0.1, 0.15) is 11.4 Å². The number of ketones is 1. The molecule has 1 aliphatic heterocycles. The van der Waals surface area contributed by atoms with E-state index in [1.807, 2.05) is 43.3 Å². The van der Waals surface area contributed by atoms with Gasteiger partial charge in [-0.25, -0.2) is 4.68 Å². The van der Waals surface area contributed by atoms with Gasteiger partial charge in [-0.1, -0.05) is 35.9 Å². The van der Waals surface area contributed by atoms with Crippen LogP contribution < -0.4 is 5.32 Å². The first-order valence-electron chi connectivity index (χ1n) is 9.19. The molecule has 144 valence electrons. The van der Waals surface area contributed by atoms with E-state index in [9.17, 15) is 9.59 Å². The van der Waals surface area contributed by atoms with E-state index in [1.165, 1.54) is 0 Å². The Morgan fingerprint density at radius 1 is 1.21 bits per heavy atom. The molecule has 0 unspecified atom stereocenters.